The Balaban J connectivity index is 1.96. The van der Waals surface area contributed by atoms with Gasteiger partial charge in [-0.1, -0.05) is 75.4 Å². The summed E-state index contributed by atoms with van der Waals surface area (Å²) >= 11 is 3.25. The molecule has 0 aromatic rings. The lowest BCUT2D eigenvalue weighted by Crippen LogP contribution is -2.32. The highest BCUT2D eigenvalue weighted by molar-refractivity contribution is 6.15. The molecule has 0 N–H and O–H groups in total. The van der Waals surface area contributed by atoms with Gasteiger partial charge in [0.1, 0.15) is 16.3 Å². The van der Waals surface area contributed by atoms with Crippen molar-refractivity contribution in [3.63, 3.8) is 0 Å². The summed E-state index contributed by atoms with van der Waals surface area (Å²) in [7, 11) is 0. The Kier molecular flexibility index (Phi) is 4.19. The molecule has 0 bridgehead atoms. The highest BCUT2D eigenvalue weighted by Crippen LogP contribution is 2.51. The van der Waals surface area contributed by atoms with Crippen molar-refractivity contribution < 1.29 is 0 Å². The van der Waals surface area contributed by atoms with Crippen LogP contribution in [0.5, 0.6) is 0 Å². The zero-order valence-corrected chi connectivity index (χ0v) is 11.5. The van der Waals surface area contributed by atoms with E-state index in [2.05, 4.69) is 23.2 Å². The van der Waals surface area contributed by atoms with Gasteiger partial charge in [0.2, 0.25) is 0 Å². The normalized spacial score (nSPS) is 26.7. The predicted molar refractivity (Wildman–Crippen MR) is 67.3 cm³/mol. The van der Waals surface area contributed by atoms with Crippen LogP contribution in [0.25, 0.3) is 0 Å². The average molecular weight is 220 g/mol. The van der Waals surface area contributed by atoms with Gasteiger partial charge in [-0.2, -0.15) is 0 Å². The van der Waals surface area contributed by atoms with E-state index in [4.69, 9.17) is 0 Å². The van der Waals surface area contributed by atoms with Gasteiger partial charge in [0.15, 0.2) is 0 Å². The molecule has 0 spiro atoms. The second-order valence-corrected chi connectivity index (χ2v) is 7.28. The molecule has 2 saturated carbocycles. The minimum atomic E-state index is 0.556. The van der Waals surface area contributed by atoms with Crippen molar-refractivity contribution in [3.8, 4) is 0 Å². The molecular formula is C14H25Al. The number of hydrogen-bond donors (Lipinski definition) is 0. The van der Waals surface area contributed by atoms with Crippen molar-refractivity contribution >= 4 is 16.3 Å². The first-order chi connectivity index (χ1) is 7.21. The summed E-state index contributed by atoms with van der Waals surface area (Å²) < 4.78 is 0.556. The van der Waals surface area contributed by atoms with Gasteiger partial charge < -0.3 is 0 Å². The quantitative estimate of drug-likeness (QED) is 0.601. The molecule has 1 heteroatoms. The summed E-state index contributed by atoms with van der Waals surface area (Å²) in [6.07, 6.45) is 14.9. The first-order valence-corrected chi connectivity index (χ1v) is 7.58. The summed E-state index contributed by atoms with van der Waals surface area (Å²) in [5.41, 5.74) is 0. The molecule has 15 heavy (non-hydrogen) atoms. The van der Waals surface area contributed by atoms with E-state index >= 15 is 0 Å². The Morgan fingerprint density at radius 3 is 1.40 bits per heavy atom. The lowest BCUT2D eigenvalue weighted by Gasteiger charge is -2.46. The molecule has 0 unspecified atom stereocenters. The van der Waals surface area contributed by atoms with Crippen molar-refractivity contribution in [3.05, 3.63) is 0 Å². The Bertz CT molecular complexity index is 166. The summed E-state index contributed by atoms with van der Waals surface area (Å²) in [6.45, 7) is 2.53. The fourth-order valence-electron chi connectivity index (χ4n) is 3.78. The van der Waals surface area contributed by atoms with Crippen molar-refractivity contribution in [1.82, 2.24) is 0 Å². The van der Waals surface area contributed by atoms with Crippen LogP contribution in [0, 0.1) is 11.8 Å². The highest BCUT2D eigenvalue weighted by atomic mass is 27.0. The van der Waals surface area contributed by atoms with Gasteiger partial charge in [0.25, 0.3) is 0 Å². The standard InChI is InChI=1S/C14H25.Al/c1-12(13-8-4-2-5-9-13)14-10-6-3-7-11-14;/h13-14H,2-11H2,1H3;. The SMILES string of the molecule is C[C]([Al])(C1CCCCC1)C1CCCCC1. The van der Waals surface area contributed by atoms with Gasteiger partial charge >= 0.3 is 0 Å². The Morgan fingerprint density at radius 2 is 1.07 bits per heavy atom. The predicted octanol–water partition coefficient (Wildman–Crippen LogP) is 4.49. The van der Waals surface area contributed by atoms with Crippen LogP contribution in [-0.4, -0.2) is 16.3 Å². The molecule has 2 rings (SSSR count). The molecule has 2 fully saturated rings. The summed E-state index contributed by atoms with van der Waals surface area (Å²) in [4.78, 5) is 0. The lowest BCUT2D eigenvalue weighted by molar-refractivity contribution is 0.175. The maximum atomic E-state index is 3.25. The molecule has 2 aliphatic carbocycles. The van der Waals surface area contributed by atoms with Gasteiger partial charge in [-0.3, -0.25) is 0 Å². The van der Waals surface area contributed by atoms with E-state index in [0.717, 1.165) is 11.8 Å². The molecule has 2 aliphatic rings. The summed E-state index contributed by atoms with van der Waals surface area (Å²) in [5, 5.41) is 0. The minimum Gasteiger partial charge on any atom is -0.0940 e. The van der Waals surface area contributed by atoms with Crippen molar-refractivity contribution in [1.29, 1.82) is 0 Å². The molecule has 0 nitrogen and oxygen atoms in total. The smallest absolute Gasteiger partial charge is 0.0940 e. The topological polar surface area (TPSA) is 0 Å². The van der Waals surface area contributed by atoms with Crippen LogP contribution in [0.1, 0.15) is 71.1 Å². The second kappa shape index (κ2) is 5.24. The van der Waals surface area contributed by atoms with E-state index in [1.165, 1.54) is 64.2 Å². The third-order valence-electron chi connectivity index (χ3n) is 4.97. The zero-order chi connectivity index (χ0) is 10.7. The molecule has 0 atom stereocenters. The Labute approximate surface area is 104 Å². The molecule has 0 aromatic carbocycles. The Morgan fingerprint density at radius 1 is 0.733 bits per heavy atom. The average Bonchev–Trinajstić information content (AvgIpc) is 2.31. The lowest BCUT2D eigenvalue weighted by atomic mass is 9.69. The zero-order valence-electron chi connectivity index (χ0n) is 10.3. The maximum absolute atomic E-state index is 3.25. The third-order valence-corrected chi connectivity index (χ3v) is 5.91. The highest BCUT2D eigenvalue weighted by Gasteiger charge is 2.36. The molecule has 0 saturated heterocycles. The van der Waals surface area contributed by atoms with E-state index in [1.807, 2.05) is 0 Å². The number of rotatable bonds is 2. The van der Waals surface area contributed by atoms with Crippen LogP contribution in [-0.2, 0) is 0 Å². The van der Waals surface area contributed by atoms with Crippen LogP contribution in [0.3, 0.4) is 0 Å². The van der Waals surface area contributed by atoms with Crippen LogP contribution in [0.4, 0.5) is 0 Å². The molecule has 0 aliphatic heterocycles. The third kappa shape index (κ3) is 2.80. The van der Waals surface area contributed by atoms with E-state index in [1.54, 1.807) is 0 Å². The fraction of sp³-hybridized carbons (Fsp3) is 1.00. The van der Waals surface area contributed by atoms with Gasteiger partial charge in [0, 0.05) is 0 Å². The van der Waals surface area contributed by atoms with E-state index in [9.17, 15) is 0 Å². The first-order valence-electron chi connectivity index (χ1n) is 7.00. The fourth-order valence-corrected chi connectivity index (χ4v) is 4.45. The van der Waals surface area contributed by atoms with Crippen molar-refractivity contribution in [2.75, 3.05) is 0 Å². The minimum absolute atomic E-state index is 0.556. The van der Waals surface area contributed by atoms with Crippen LogP contribution < -0.4 is 0 Å². The summed E-state index contributed by atoms with van der Waals surface area (Å²) in [6, 6.07) is 0. The van der Waals surface area contributed by atoms with E-state index in [-0.39, 0.29) is 0 Å². The molecule has 0 heterocycles. The monoisotopic (exact) mass is 220 g/mol. The van der Waals surface area contributed by atoms with Crippen molar-refractivity contribution in [2.45, 2.75) is 75.4 Å². The summed E-state index contributed by atoms with van der Waals surface area (Å²) in [5.74, 6) is 2.00. The van der Waals surface area contributed by atoms with Gasteiger partial charge in [-0.05, 0) is 11.8 Å². The number of hydrogen-bond acceptors (Lipinski definition) is 0. The molecule has 2 radical (unpaired) electrons. The van der Waals surface area contributed by atoms with Crippen LogP contribution in [0.15, 0.2) is 0 Å². The molecular weight excluding hydrogens is 195 g/mol. The van der Waals surface area contributed by atoms with E-state index < -0.39 is 0 Å². The van der Waals surface area contributed by atoms with Crippen LogP contribution >= 0.6 is 0 Å². The maximum Gasteiger partial charge on any atom is 0.130 e. The van der Waals surface area contributed by atoms with Gasteiger partial charge in [-0.25, -0.2) is 0 Å². The molecule has 0 amide bonds. The Hall–Kier alpha value is 0.532. The molecule has 0 aromatic heterocycles. The van der Waals surface area contributed by atoms with Gasteiger partial charge in [-0.15, -0.1) is 0 Å². The van der Waals surface area contributed by atoms with Crippen molar-refractivity contribution in [2.24, 2.45) is 11.8 Å². The van der Waals surface area contributed by atoms with Crippen LogP contribution in [0.2, 0.25) is 4.28 Å². The second-order valence-electron chi connectivity index (χ2n) is 6.04. The first kappa shape index (κ1) is 12.0. The van der Waals surface area contributed by atoms with E-state index in [0.29, 0.717) is 4.28 Å². The van der Waals surface area contributed by atoms with Gasteiger partial charge in [0.05, 0.1) is 0 Å². The molecule has 84 valence electrons. The largest absolute Gasteiger partial charge is 0.130 e.